The van der Waals surface area contributed by atoms with Crippen molar-refractivity contribution in [2.75, 3.05) is 33.8 Å². The fourth-order valence-electron chi connectivity index (χ4n) is 2.76. The highest BCUT2D eigenvalue weighted by atomic mass is 16.5. The molecule has 1 saturated heterocycles. The van der Waals surface area contributed by atoms with Crippen molar-refractivity contribution in [3.05, 3.63) is 35.4 Å². The monoisotopic (exact) mass is 347 g/mol. The number of rotatable bonds is 6. The second-order valence-electron chi connectivity index (χ2n) is 6.29. The van der Waals surface area contributed by atoms with Gasteiger partial charge in [-0.3, -0.25) is 19.3 Å². The van der Waals surface area contributed by atoms with Crippen LogP contribution in [0, 0.1) is 6.92 Å². The Morgan fingerprint density at radius 1 is 1.32 bits per heavy atom. The quantitative estimate of drug-likeness (QED) is 0.750. The maximum Gasteiger partial charge on any atom is 0.307 e. The Morgan fingerprint density at radius 3 is 2.64 bits per heavy atom. The predicted molar refractivity (Wildman–Crippen MR) is 92.7 cm³/mol. The van der Waals surface area contributed by atoms with Gasteiger partial charge in [0.15, 0.2) is 0 Å². The summed E-state index contributed by atoms with van der Waals surface area (Å²) in [6, 6.07) is 7.34. The Morgan fingerprint density at radius 2 is 2.00 bits per heavy atom. The van der Waals surface area contributed by atoms with Crippen LogP contribution in [-0.4, -0.2) is 67.4 Å². The van der Waals surface area contributed by atoms with E-state index in [1.54, 1.807) is 16.8 Å². The number of carbonyl (C=O) groups excluding carboxylic acids is 3. The van der Waals surface area contributed by atoms with Gasteiger partial charge in [-0.1, -0.05) is 29.8 Å². The molecule has 1 aromatic carbocycles. The number of benzene rings is 1. The first-order valence-corrected chi connectivity index (χ1v) is 8.28. The van der Waals surface area contributed by atoms with E-state index in [1.165, 1.54) is 12.7 Å². The number of methoxy groups -OCH3 is 1. The number of carbonyl (C=O) groups is 3. The molecule has 1 aromatic rings. The van der Waals surface area contributed by atoms with E-state index in [9.17, 15) is 14.4 Å². The van der Waals surface area contributed by atoms with Gasteiger partial charge in [0.25, 0.3) is 0 Å². The van der Waals surface area contributed by atoms with Gasteiger partial charge in [0.1, 0.15) is 6.04 Å². The van der Waals surface area contributed by atoms with E-state index in [1.807, 2.05) is 31.2 Å². The Balaban J connectivity index is 1.97. The number of likely N-dealkylation sites (N-methyl/N-ethyl adjacent to an activating group) is 1. The zero-order valence-electron chi connectivity index (χ0n) is 14.9. The first-order chi connectivity index (χ1) is 11.9. The molecule has 7 nitrogen and oxygen atoms in total. The molecule has 2 rings (SSSR count). The number of amides is 2. The van der Waals surface area contributed by atoms with Crippen molar-refractivity contribution in [3.8, 4) is 0 Å². The average Bonchev–Trinajstić information content (AvgIpc) is 2.59. The first-order valence-electron chi connectivity index (χ1n) is 8.28. The van der Waals surface area contributed by atoms with E-state index in [4.69, 9.17) is 0 Å². The summed E-state index contributed by atoms with van der Waals surface area (Å²) in [5.41, 5.74) is 2.21. The summed E-state index contributed by atoms with van der Waals surface area (Å²) in [6.45, 7) is 3.60. The highest BCUT2D eigenvalue weighted by Crippen LogP contribution is 2.11. The van der Waals surface area contributed by atoms with Crippen LogP contribution in [0.2, 0.25) is 0 Å². The molecule has 1 atom stereocenters. The molecule has 0 aliphatic carbocycles. The van der Waals surface area contributed by atoms with Crippen LogP contribution in [0.1, 0.15) is 17.5 Å². The molecular weight excluding hydrogens is 322 g/mol. The van der Waals surface area contributed by atoms with Crippen LogP contribution < -0.4 is 5.32 Å². The lowest BCUT2D eigenvalue weighted by Gasteiger charge is -2.34. The van der Waals surface area contributed by atoms with Crippen LogP contribution >= 0.6 is 0 Å². The maximum atomic E-state index is 12.5. The molecule has 25 heavy (non-hydrogen) atoms. The molecule has 0 aromatic heterocycles. The zero-order valence-corrected chi connectivity index (χ0v) is 14.9. The minimum absolute atomic E-state index is 0.0582. The summed E-state index contributed by atoms with van der Waals surface area (Å²) in [5.74, 6) is -0.803. The number of aryl methyl sites for hydroxylation is 1. The van der Waals surface area contributed by atoms with Crippen molar-refractivity contribution in [2.45, 2.75) is 25.9 Å². The van der Waals surface area contributed by atoms with Crippen LogP contribution in [0.15, 0.2) is 24.3 Å². The van der Waals surface area contributed by atoms with Crippen molar-refractivity contribution >= 4 is 17.8 Å². The highest BCUT2D eigenvalue weighted by molar-refractivity contribution is 5.88. The summed E-state index contributed by atoms with van der Waals surface area (Å²) < 4.78 is 4.65. The third kappa shape index (κ3) is 5.29. The van der Waals surface area contributed by atoms with Crippen LogP contribution in [0.5, 0.6) is 0 Å². The smallest absolute Gasteiger partial charge is 0.307 e. The third-order valence-electron chi connectivity index (χ3n) is 4.33. The molecule has 1 heterocycles. The molecule has 2 amide bonds. The molecule has 1 aliphatic heterocycles. The Bertz CT molecular complexity index is 630. The van der Waals surface area contributed by atoms with Gasteiger partial charge in [0, 0.05) is 26.7 Å². The Kier molecular flexibility index (Phi) is 6.52. The lowest BCUT2D eigenvalue weighted by atomic mass is 10.1. The zero-order chi connectivity index (χ0) is 18.4. The van der Waals surface area contributed by atoms with Crippen LogP contribution in [0.4, 0.5) is 0 Å². The third-order valence-corrected chi connectivity index (χ3v) is 4.33. The minimum atomic E-state index is -0.669. The molecule has 0 radical (unpaired) electrons. The molecule has 0 spiro atoms. The largest absolute Gasteiger partial charge is 0.469 e. The second-order valence-corrected chi connectivity index (χ2v) is 6.29. The van der Waals surface area contributed by atoms with Crippen molar-refractivity contribution in [1.29, 1.82) is 0 Å². The topological polar surface area (TPSA) is 79.0 Å². The molecule has 1 N–H and O–H groups in total. The number of esters is 1. The Labute approximate surface area is 147 Å². The molecule has 1 fully saturated rings. The molecule has 7 heteroatoms. The van der Waals surface area contributed by atoms with E-state index < -0.39 is 12.0 Å². The molecule has 136 valence electrons. The standard InChI is InChI=1S/C18H25N3O4/c1-13-4-6-14(7-5-13)11-20(2)16(22)12-21-9-8-19-18(24)15(21)10-17(23)25-3/h4-7,15H,8-12H2,1-3H3,(H,19,24). The van der Waals surface area contributed by atoms with Gasteiger partial charge in [0.05, 0.1) is 20.1 Å². The summed E-state index contributed by atoms with van der Waals surface area (Å²) in [7, 11) is 3.02. The molecule has 0 saturated carbocycles. The van der Waals surface area contributed by atoms with E-state index in [2.05, 4.69) is 10.1 Å². The molecule has 1 aliphatic rings. The average molecular weight is 347 g/mol. The highest BCUT2D eigenvalue weighted by Gasteiger charge is 2.33. The fraction of sp³-hybridized carbons (Fsp3) is 0.500. The van der Waals surface area contributed by atoms with Gasteiger partial charge in [-0.05, 0) is 12.5 Å². The summed E-state index contributed by atoms with van der Waals surface area (Å²) in [4.78, 5) is 39.5. The summed E-state index contributed by atoms with van der Waals surface area (Å²) in [5, 5.41) is 2.73. The number of piperazine rings is 1. The van der Waals surface area contributed by atoms with E-state index in [0.29, 0.717) is 19.6 Å². The Hall–Kier alpha value is -2.41. The predicted octanol–water partition coefficient (Wildman–Crippen LogP) is 0.317. The van der Waals surface area contributed by atoms with Crippen molar-refractivity contribution in [3.63, 3.8) is 0 Å². The number of nitrogens with one attached hydrogen (secondary N) is 1. The SMILES string of the molecule is COC(=O)CC1C(=O)NCCN1CC(=O)N(C)Cc1ccc(C)cc1. The van der Waals surface area contributed by atoms with Crippen molar-refractivity contribution < 1.29 is 19.1 Å². The fourth-order valence-corrected chi connectivity index (χ4v) is 2.76. The van der Waals surface area contributed by atoms with Crippen molar-refractivity contribution in [1.82, 2.24) is 15.1 Å². The number of hydrogen-bond acceptors (Lipinski definition) is 5. The van der Waals surface area contributed by atoms with E-state index in [-0.39, 0.29) is 24.8 Å². The lowest BCUT2D eigenvalue weighted by molar-refractivity contribution is -0.147. The van der Waals surface area contributed by atoms with Crippen molar-refractivity contribution in [2.24, 2.45) is 0 Å². The first kappa shape index (κ1) is 18.9. The maximum absolute atomic E-state index is 12.5. The van der Waals surface area contributed by atoms with Gasteiger partial charge in [-0.2, -0.15) is 0 Å². The van der Waals surface area contributed by atoms with Gasteiger partial charge in [0.2, 0.25) is 11.8 Å². The molecular formula is C18H25N3O4. The number of hydrogen-bond donors (Lipinski definition) is 1. The van der Waals surface area contributed by atoms with Gasteiger partial charge in [-0.15, -0.1) is 0 Å². The normalized spacial score (nSPS) is 17.7. The van der Waals surface area contributed by atoms with E-state index in [0.717, 1.165) is 5.56 Å². The lowest BCUT2D eigenvalue weighted by Crippen LogP contribution is -2.58. The molecule has 0 bridgehead atoms. The second kappa shape index (κ2) is 8.62. The van der Waals surface area contributed by atoms with Crippen LogP contribution in [0.25, 0.3) is 0 Å². The summed E-state index contributed by atoms with van der Waals surface area (Å²) in [6.07, 6.45) is -0.0582. The van der Waals surface area contributed by atoms with Gasteiger partial charge >= 0.3 is 5.97 Å². The summed E-state index contributed by atoms with van der Waals surface area (Å²) >= 11 is 0. The van der Waals surface area contributed by atoms with Crippen LogP contribution in [-0.2, 0) is 25.7 Å². The van der Waals surface area contributed by atoms with Crippen LogP contribution in [0.3, 0.4) is 0 Å². The number of nitrogens with zero attached hydrogens (tertiary/aromatic N) is 2. The van der Waals surface area contributed by atoms with Gasteiger partial charge in [-0.25, -0.2) is 0 Å². The molecule has 1 unspecified atom stereocenters. The number of ether oxygens (including phenoxy) is 1. The minimum Gasteiger partial charge on any atom is -0.469 e. The van der Waals surface area contributed by atoms with E-state index >= 15 is 0 Å². The van der Waals surface area contributed by atoms with Gasteiger partial charge < -0.3 is 15.0 Å².